The Morgan fingerprint density at radius 1 is 0.373 bits per heavy atom. The van der Waals surface area contributed by atoms with E-state index in [9.17, 15) is 69.6 Å². The molecule has 2 aliphatic rings. The lowest BCUT2D eigenvalue weighted by molar-refractivity contribution is -0.375. The van der Waals surface area contributed by atoms with Gasteiger partial charge in [0.1, 0.15) is 125 Å². The van der Waals surface area contributed by atoms with Crippen molar-refractivity contribution < 1.29 is 141 Å². The Morgan fingerprint density at radius 3 is 0.976 bits per heavy atom. The molecule has 8 N–H and O–H groups in total. The normalized spacial score (nSPS) is 24.5. The standard InChI is InChI=1S/C54H82O29/c1-27(2)47(63)74-19-33(56)14-69-26-40-42(83-54-45(72-17-36(59)22-77-50(66)30(7)8)43(41(62)39(13-55)81-54)70-15-34(57)20-75-48(64)28(3)4)44(71-16-35(58)21-76-49(65)29(5)6)46(73-18-37(60)23-78-51(67)31(9)10)53(82-40)80-25-38(61)24-79-52(68)32(11)12/h33-46,53-62H,1,3,5,7,9,11,13-26H2,2,4,6,8,10,12H3/t33?,34?,35?,36?,37?,38?,39-,40-,41-,42-,43+,44+,45-,46-,53-,54-/m1/s1. The molecular weight excluding hydrogens is 1110 g/mol. The summed E-state index contributed by atoms with van der Waals surface area (Å²) < 4.78 is 86.2. The van der Waals surface area contributed by atoms with Crippen LogP contribution in [-0.2, 0) is 99.8 Å². The fraction of sp³-hybridized carbons (Fsp3) is 0.667. The lowest BCUT2D eigenvalue weighted by Crippen LogP contribution is -2.67. The Kier molecular flexibility index (Phi) is 33.6. The van der Waals surface area contributed by atoms with Crippen molar-refractivity contribution >= 4 is 35.8 Å². The van der Waals surface area contributed by atoms with Gasteiger partial charge in [0.25, 0.3) is 0 Å². The number of esters is 6. The molecule has 0 aliphatic carbocycles. The van der Waals surface area contributed by atoms with Gasteiger partial charge in [0, 0.05) is 33.4 Å². The molecule has 472 valence electrons. The highest BCUT2D eigenvalue weighted by Crippen LogP contribution is 2.35. The minimum Gasteiger partial charge on any atom is -0.460 e. The molecule has 2 aliphatic heterocycles. The first kappa shape index (κ1) is 73.7. The molecular formula is C54H82O29. The van der Waals surface area contributed by atoms with Crippen molar-refractivity contribution in [2.45, 2.75) is 140 Å². The van der Waals surface area contributed by atoms with Crippen molar-refractivity contribution in [3.8, 4) is 0 Å². The average Bonchev–Trinajstić information content (AvgIpc) is 3.19. The smallest absolute Gasteiger partial charge is 0.333 e. The Morgan fingerprint density at radius 2 is 0.651 bits per heavy atom. The summed E-state index contributed by atoms with van der Waals surface area (Å²) in [5.41, 5.74) is 0.00588. The molecule has 0 aromatic rings. The van der Waals surface area contributed by atoms with Crippen LogP contribution in [0.5, 0.6) is 0 Å². The summed E-state index contributed by atoms with van der Waals surface area (Å²) in [5.74, 6) is -5.16. The second kappa shape index (κ2) is 37.8. The fourth-order valence-electron chi connectivity index (χ4n) is 6.82. The summed E-state index contributed by atoms with van der Waals surface area (Å²) in [6.07, 6.45) is -27.1. The van der Waals surface area contributed by atoms with E-state index in [0.717, 1.165) is 0 Å². The second-order valence-corrected chi connectivity index (χ2v) is 19.6. The molecule has 0 aromatic carbocycles. The van der Waals surface area contributed by atoms with Gasteiger partial charge in [-0.1, -0.05) is 39.5 Å². The lowest BCUT2D eigenvalue weighted by atomic mass is 9.96. The number of aliphatic hydroxyl groups is 8. The summed E-state index contributed by atoms with van der Waals surface area (Å²) in [7, 11) is 0. The average molecular weight is 1200 g/mol. The summed E-state index contributed by atoms with van der Waals surface area (Å²) in [6, 6.07) is 0. The van der Waals surface area contributed by atoms with E-state index in [1.807, 2.05) is 0 Å². The molecule has 0 amide bonds. The Bertz CT molecular complexity index is 2180. The van der Waals surface area contributed by atoms with Gasteiger partial charge < -0.3 is 112 Å². The van der Waals surface area contributed by atoms with Crippen molar-refractivity contribution in [3.63, 3.8) is 0 Å². The molecule has 2 saturated heterocycles. The maximum absolute atomic E-state index is 12.4. The third-order valence-corrected chi connectivity index (χ3v) is 11.2. The van der Waals surface area contributed by atoms with Gasteiger partial charge in [0.05, 0.1) is 52.9 Å². The number of rotatable bonds is 40. The van der Waals surface area contributed by atoms with E-state index in [2.05, 4.69) is 39.5 Å². The molecule has 0 saturated carbocycles. The molecule has 2 heterocycles. The molecule has 2 rings (SSSR count). The second-order valence-electron chi connectivity index (χ2n) is 19.6. The van der Waals surface area contributed by atoms with E-state index in [1.165, 1.54) is 41.5 Å². The quantitative estimate of drug-likeness (QED) is 0.0181. The van der Waals surface area contributed by atoms with Crippen molar-refractivity contribution in [1.29, 1.82) is 0 Å². The van der Waals surface area contributed by atoms with Gasteiger partial charge in [-0.15, -0.1) is 0 Å². The van der Waals surface area contributed by atoms with Gasteiger partial charge in [-0.05, 0) is 41.5 Å². The highest BCUT2D eigenvalue weighted by atomic mass is 16.8. The van der Waals surface area contributed by atoms with Crippen LogP contribution in [-0.4, -0.2) is 267 Å². The zero-order valence-electron chi connectivity index (χ0n) is 47.5. The van der Waals surface area contributed by atoms with Gasteiger partial charge in [-0.3, -0.25) is 0 Å². The molecule has 29 nitrogen and oxygen atoms in total. The molecule has 0 aromatic heterocycles. The zero-order valence-corrected chi connectivity index (χ0v) is 47.5. The van der Waals surface area contributed by atoms with Crippen molar-refractivity contribution in [2.24, 2.45) is 0 Å². The molecule has 0 bridgehead atoms. The van der Waals surface area contributed by atoms with Crippen LogP contribution in [0.2, 0.25) is 0 Å². The number of hydrogen-bond donors (Lipinski definition) is 8. The van der Waals surface area contributed by atoms with Crippen LogP contribution in [0.4, 0.5) is 0 Å². The monoisotopic (exact) mass is 1190 g/mol. The Hall–Kier alpha value is -5.42. The molecule has 83 heavy (non-hydrogen) atoms. The topological polar surface area (TPSA) is 403 Å². The first-order valence-electron chi connectivity index (χ1n) is 25.9. The molecule has 6 unspecified atom stereocenters. The highest BCUT2D eigenvalue weighted by Gasteiger charge is 2.54. The first-order chi connectivity index (χ1) is 39.0. The third-order valence-electron chi connectivity index (χ3n) is 11.2. The van der Waals surface area contributed by atoms with Crippen LogP contribution in [0.25, 0.3) is 0 Å². The number of carbonyl (C=O) groups excluding carboxylic acids is 6. The number of carbonyl (C=O) groups is 6. The van der Waals surface area contributed by atoms with Crippen LogP contribution in [0.1, 0.15) is 41.5 Å². The molecule has 0 radical (unpaired) electrons. The predicted octanol–water partition coefficient (Wildman–Crippen LogP) is -2.37. The fourth-order valence-corrected chi connectivity index (χ4v) is 6.82. The minimum absolute atomic E-state index is 0.00555. The predicted molar refractivity (Wildman–Crippen MR) is 282 cm³/mol. The van der Waals surface area contributed by atoms with E-state index in [-0.39, 0.29) is 33.4 Å². The van der Waals surface area contributed by atoms with Crippen molar-refractivity contribution in [2.75, 3.05) is 92.5 Å². The van der Waals surface area contributed by atoms with Crippen LogP contribution in [0.3, 0.4) is 0 Å². The van der Waals surface area contributed by atoms with Gasteiger partial charge in [0.15, 0.2) is 12.6 Å². The summed E-state index contributed by atoms with van der Waals surface area (Å²) in [6.45, 7) is 19.4. The minimum atomic E-state index is -1.95. The van der Waals surface area contributed by atoms with Crippen molar-refractivity contribution in [3.05, 3.63) is 72.9 Å². The van der Waals surface area contributed by atoms with Gasteiger partial charge in [0.2, 0.25) is 0 Å². The van der Waals surface area contributed by atoms with Gasteiger partial charge in [-0.2, -0.15) is 0 Å². The first-order valence-corrected chi connectivity index (χ1v) is 25.9. The largest absolute Gasteiger partial charge is 0.460 e. The molecule has 2 fully saturated rings. The van der Waals surface area contributed by atoms with E-state index in [0.29, 0.717) is 0 Å². The molecule has 0 spiro atoms. The number of ether oxygens (including phenoxy) is 15. The van der Waals surface area contributed by atoms with E-state index in [1.54, 1.807) is 0 Å². The van der Waals surface area contributed by atoms with Crippen LogP contribution in [0, 0.1) is 0 Å². The van der Waals surface area contributed by atoms with Crippen LogP contribution < -0.4 is 0 Å². The third kappa shape index (κ3) is 27.0. The van der Waals surface area contributed by atoms with Gasteiger partial charge >= 0.3 is 35.8 Å². The Balaban J connectivity index is 2.92. The lowest BCUT2D eigenvalue weighted by Gasteiger charge is -2.49. The zero-order chi connectivity index (χ0) is 62.7. The van der Waals surface area contributed by atoms with E-state index < -0.39 is 226 Å². The maximum Gasteiger partial charge on any atom is 0.333 e. The highest BCUT2D eigenvalue weighted by molar-refractivity contribution is 5.88. The number of hydrogen-bond acceptors (Lipinski definition) is 29. The van der Waals surface area contributed by atoms with E-state index in [4.69, 9.17) is 71.1 Å². The van der Waals surface area contributed by atoms with Crippen LogP contribution in [0.15, 0.2) is 72.9 Å². The Labute approximate surface area is 480 Å². The molecule has 29 heteroatoms. The summed E-state index contributed by atoms with van der Waals surface area (Å²) >= 11 is 0. The SMILES string of the molecule is C=C(C)C(=O)OCC(O)COC[C@H]1O[C@@H](OCC(O)COC(=O)C(=C)C)[C@H](OCC(O)COC(=O)C(=C)C)[C@@H](OCC(O)COC(=O)C(=C)C)[C@@H]1O[C@H]1O[C@H](CO)[C@@H](O)[C@H](OCC(O)COC(=O)C(=C)C)[C@H]1OCC(O)COC(=O)C(=C)C. The van der Waals surface area contributed by atoms with Gasteiger partial charge in [-0.25, -0.2) is 28.8 Å². The number of aliphatic hydroxyl groups excluding tert-OH is 8. The molecule has 16 atom stereocenters. The summed E-state index contributed by atoms with van der Waals surface area (Å²) in [5, 5.41) is 88.2. The van der Waals surface area contributed by atoms with Crippen LogP contribution >= 0.6 is 0 Å². The maximum atomic E-state index is 12.4. The van der Waals surface area contributed by atoms with E-state index >= 15 is 0 Å². The van der Waals surface area contributed by atoms with Crippen molar-refractivity contribution in [1.82, 2.24) is 0 Å². The summed E-state index contributed by atoms with van der Waals surface area (Å²) in [4.78, 5) is 73.4.